The van der Waals surface area contributed by atoms with Crippen molar-refractivity contribution in [1.29, 1.82) is 0 Å². The van der Waals surface area contributed by atoms with Gasteiger partial charge in [-0.2, -0.15) is 0 Å². The molecular weight excluding hydrogens is 266 g/mol. The fourth-order valence-corrected chi connectivity index (χ4v) is 4.88. The van der Waals surface area contributed by atoms with Gasteiger partial charge in [0, 0.05) is 28.7 Å². The van der Waals surface area contributed by atoms with Gasteiger partial charge in [-0.25, -0.2) is 0 Å². The number of carbonyl (C=O) groups is 1. The van der Waals surface area contributed by atoms with Gasteiger partial charge in [0.15, 0.2) is 5.78 Å². The molecule has 3 atom stereocenters. The maximum atomic E-state index is 13.2. The van der Waals surface area contributed by atoms with Crippen LogP contribution in [-0.4, -0.2) is 24.1 Å². The second-order valence-electron chi connectivity index (χ2n) is 6.60. The first kappa shape index (κ1) is 14.2. The summed E-state index contributed by atoms with van der Waals surface area (Å²) in [5.74, 6) is 1.25. The van der Waals surface area contributed by atoms with Gasteiger partial charge in [0.05, 0.1) is 0 Å². The first-order valence-corrected chi connectivity index (χ1v) is 8.53. The molecule has 0 spiro atoms. The number of carbonyl (C=O) groups excluding carboxylic acids is 1. The Morgan fingerprint density at radius 2 is 2.25 bits per heavy atom. The Morgan fingerprint density at radius 3 is 2.95 bits per heavy atom. The van der Waals surface area contributed by atoms with Gasteiger partial charge in [-0.05, 0) is 30.7 Å². The van der Waals surface area contributed by atoms with Crippen LogP contribution in [0.25, 0.3) is 0 Å². The van der Waals surface area contributed by atoms with E-state index in [4.69, 9.17) is 0 Å². The highest BCUT2D eigenvalue weighted by Gasteiger charge is 2.45. The summed E-state index contributed by atoms with van der Waals surface area (Å²) in [6, 6.07) is 0. The Balaban J connectivity index is 1.84. The summed E-state index contributed by atoms with van der Waals surface area (Å²) in [5, 5.41) is 5.97. The number of hydrogen-bond donors (Lipinski definition) is 1. The average Bonchev–Trinajstić information content (AvgIpc) is 3.04. The Kier molecular flexibility index (Phi) is 3.91. The molecule has 1 aliphatic carbocycles. The zero-order valence-corrected chi connectivity index (χ0v) is 13.1. The number of fused-ring (bicyclic) bond motifs is 1. The van der Waals surface area contributed by atoms with E-state index in [0.29, 0.717) is 22.9 Å². The van der Waals surface area contributed by atoms with Gasteiger partial charge in [0.1, 0.15) is 0 Å². The molecule has 2 nitrogen and oxygen atoms in total. The van der Waals surface area contributed by atoms with Crippen molar-refractivity contribution in [3.63, 3.8) is 0 Å². The lowest BCUT2D eigenvalue weighted by Gasteiger charge is -2.31. The number of allylic oxidation sites excluding steroid dienone is 4. The van der Waals surface area contributed by atoms with E-state index in [1.807, 2.05) is 0 Å². The van der Waals surface area contributed by atoms with Gasteiger partial charge in [-0.1, -0.05) is 38.2 Å². The maximum absolute atomic E-state index is 13.2. The molecule has 0 saturated carbocycles. The highest BCUT2D eigenvalue weighted by molar-refractivity contribution is 8.03. The normalized spacial score (nSPS) is 35.5. The lowest BCUT2D eigenvalue weighted by Crippen LogP contribution is -2.37. The number of Topliss-reactive ketones (excluding diaryl/α,β-unsaturated/α-hetero) is 1. The van der Waals surface area contributed by atoms with Crippen molar-refractivity contribution in [3.05, 3.63) is 35.3 Å². The van der Waals surface area contributed by atoms with Gasteiger partial charge in [0.2, 0.25) is 0 Å². The first-order chi connectivity index (χ1) is 9.62. The summed E-state index contributed by atoms with van der Waals surface area (Å²) in [7, 11) is 0. The van der Waals surface area contributed by atoms with Gasteiger partial charge < -0.3 is 5.32 Å². The van der Waals surface area contributed by atoms with Crippen molar-refractivity contribution in [2.45, 2.75) is 31.9 Å². The van der Waals surface area contributed by atoms with Crippen LogP contribution < -0.4 is 5.32 Å². The van der Waals surface area contributed by atoms with E-state index >= 15 is 0 Å². The molecule has 0 radical (unpaired) electrons. The molecule has 0 aromatic heterocycles. The van der Waals surface area contributed by atoms with Crippen molar-refractivity contribution in [3.8, 4) is 0 Å². The molecule has 2 heterocycles. The lowest BCUT2D eigenvalue weighted by atomic mass is 9.71. The zero-order valence-electron chi connectivity index (χ0n) is 12.3. The highest BCUT2D eigenvalue weighted by Crippen LogP contribution is 2.45. The van der Waals surface area contributed by atoms with Gasteiger partial charge in [-0.15, -0.1) is 11.8 Å². The summed E-state index contributed by atoms with van der Waals surface area (Å²) in [5.41, 5.74) is 0.884. The van der Waals surface area contributed by atoms with Crippen LogP contribution in [0.4, 0.5) is 0 Å². The molecular formula is C17H23NOS. The molecule has 3 rings (SSSR count). The van der Waals surface area contributed by atoms with Crippen LogP contribution in [0.3, 0.4) is 0 Å². The van der Waals surface area contributed by atoms with E-state index < -0.39 is 0 Å². The van der Waals surface area contributed by atoms with Crippen LogP contribution in [0.2, 0.25) is 0 Å². The Morgan fingerprint density at radius 1 is 1.45 bits per heavy atom. The molecule has 0 aromatic carbocycles. The predicted molar refractivity (Wildman–Crippen MR) is 85.6 cm³/mol. The third-order valence-corrected chi connectivity index (χ3v) is 5.74. The van der Waals surface area contributed by atoms with Crippen molar-refractivity contribution in [1.82, 2.24) is 5.32 Å². The molecule has 20 heavy (non-hydrogen) atoms. The topological polar surface area (TPSA) is 29.1 Å². The number of ketones is 1. The van der Waals surface area contributed by atoms with Crippen molar-refractivity contribution >= 4 is 17.5 Å². The second kappa shape index (κ2) is 5.53. The van der Waals surface area contributed by atoms with Gasteiger partial charge in [-0.3, -0.25) is 4.79 Å². The minimum absolute atomic E-state index is 0.162. The minimum atomic E-state index is -0.162. The van der Waals surface area contributed by atoms with Crippen LogP contribution >= 0.6 is 11.8 Å². The molecule has 3 heteroatoms. The number of nitrogens with one attached hydrogen (secondary N) is 1. The van der Waals surface area contributed by atoms with Crippen LogP contribution in [0.5, 0.6) is 0 Å². The van der Waals surface area contributed by atoms with E-state index in [2.05, 4.69) is 48.9 Å². The van der Waals surface area contributed by atoms with Crippen LogP contribution in [0.15, 0.2) is 35.3 Å². The standard InChI is InChI=1S/C17H23NOS/c1-12(2)9-17(7-8-18-11-17)16(19)14-10-20-15-6-4-3-5-13(14)15/h3-6,10,12-13,15,18H,7-9,11H2,1-2H3. The molecule has 3 unspecified atom stereocenters. The molecule has 0 bridgehead atoms. The fourth-order valence-electron chi connectivity index (χ4n) is 3.72. The molecule has 1 saturated heterocycles. The Hall–Kier alpha value is -0.800. The van der Waals surface area contributed by atoms with Gasteiger partial charge in [0.25, 0.3) is 0 Å². The SMILES string of the molecule is CC(C)CC1(C(=O)C2=CSC3C=CC=CC23)CCNC1. The summed E-state index contributed by atoms with van der Waals surface area (Å²) >= 11 is 1.80. The quantitative estimate of drug-likeness (QED) is 0.861. The zero-order chi connectivity index (χ0) is 14.2. The molecule has 0 amide bonds. The van der Waals surface area contributed by atoms with Crippen LogP contribution in [0.1, 0.15) is 26.7 Å². The molecule has 1 fully saturated rings. The molecule has 2 aliphatic heterocycles. The van der Waals surface area contributed by atoms with E-state index in [1.54, 1.807) is 11.8 Å². The fraction of sp³-hybridized carbons (Fsp3) is 0.588. The summed E-state index contributed by atoms with van der Waals surface area (Å²) < 4.78 is 0. The molecule has 1 N–H and O–H groups in total. The van der Waals surface area contributed by atoms with Gasteiger partial charge >= 0.3 is 0 Å². The Bertz CT molecular complexity index is 483. The number of thioether (sulfide) groups is 1. The monoisotopic (exact) mass is 289 g/mol. The van der Waals surface area contributed by atoms with E-state index in [0.717, 1.165) is 31.5 Å². The van der Waals surface area contributed by atoms with E-state index in [9.17, 15) is 4.79 Å². The summed E-state index contributed by atoms with van der Waals surface area (Å²) in [6.45, 7) is 6.26. The van der Waals surface area contributed by atoms with Crippen molar-refractivity contribution in [2.75, 3.05) is 13.1 Å². The third kappa shape index (κ3) is 2.42. The lowest BCUT2D eigenvalue weighted by molar-refractivity contribution is -0.125. The number of hydrogen-bond acceptors (Lipinski definition) is 3. The van der Waals surface area contributed by atoms with Crippen molar-refractivity contribution < 1.29 is 4.79 Å². The summed E-state index contributed by atoms with van der Waals surface area (Å²) in [4.78, 5) is 13.2. The summed E-state index contributed by atoms with van der Waals surface area (Å²) in [6.07, 6.45) is 10.6. The average molecular weight is 289 g/mol. The van der Waals surface area contributed by atoms with E-state index in [1.165, 1.54) is 0 Å². The molecule has 3 aliphatic rings. The largest absolute Gasteiger partial charge is 0.316 e. The third-order valence-electron chi connectivity index (χ3n) is 4.58. The highest BCUT2D eigenvalue weighted by atomic mass is 32.2. The molecule has 108 valence electrons. The van der Waals surface area contributed by atoms with E-state index in [-0.39, 0.29) is 5.41 Å². The van der Waals surface area contributed by atoms with Crippen LogP contribution in [0, 0.1) is 17.3 Å². The second-order valence-corrected chi connectivity index (χ2v) is 7.66. The minimum Gasteiger partial charge on any atom is -0.316 e. The predicted octanol–water partition coefficient (Wildman–Crippen LogP) is 3.32. The maximum Gasteiger partial charge on any atom is 0.167 e. The first-order valence-electron chi connectivity index (χ1n) is 7.58. The Labute approximate surface area is 125 Å². The smallest absolute Gasteiger partial charge is 0.167 e. The molecule has 0 aromatic rings. The van der Waals surface area contributed by atoms with Crippen molar-refractivity contribution in [2.24, 2.45) is 17.3 Å². The van der Waals surface area contributed by atoms with Crippen LogP contribution in [-0.2, 0) is 4.79 Å². The number of rotatable bonds is 4.